The first-order chi connectivity index (χ1) is 8.58. The number of fused-ring (bicyclic) bond motifs is 2. The zero-order valence-corrected chi connectivity index (χ0v) is 12.8. The van der Waals surface area contributed by atoms with Gasteiger partial charge in [-0.3, -0.25) is 4.21 Å². The molecule has 2 aliphatic rings. The van der Waals surface area contributed by atoms with Crippen LogP contribution < -0.4 is 5.32 Å². The first kappa shape index (κ1) is 14.5. The van der Waals surface area contributed by atoms with E-state index in [4.69, 9.17) is 0 Å². The molecule has 0 amide bonds. The molecule has 3 atom stereocenters. The van der Waals surface area contributed by atoms with Crippen LogP contribution in [0.3, 0.4) is 0 Å². The molecular formula is C14H28N2OS. The summed E-state index contributed by atoms with van der Waals surface area (Å²) in [6, 6.07) is 1.36. The predicted molar refractivity (Wildman–Crippen MR) is 78.3 cm³/mol. The number of piperidine rings is 1. The Morgan fingerprint density at radius 2 is 1.89 bits per heavy atom. The molecule has 2 rings (SSSR count). The van der Waals surface area contributed by atoms with Crippen LogP contribution in [0.15, 0.2) is 0 Å². The highest BCUT2D eigenvalue weighted by Gasteiger charge is 2.39. The molecule has 106 valence electrons. The third-order valence-corrected chi connectivity index (χ3v) is 5.38. The molecule has 0 aromatic rings. The predicted octanol–water partition coefficient (Wildman–Crippen LogP) is 1.46. The van der Waals surface area contributed by atoms with E-state index in [9.17, 15) is 4.21 Å². The average Bonchev–Trinajstić information content (AvgIpc) is 2.27. The van der Waals surface area contributed by atoms with E-state index in [-0.39, 0.29) is 0 Å². The Morgan fingerprint density at radius 3 is 2.39 bits per heavy atom. The topological polar surface area (TPSA) is 32.3 Å². The number of hydrogen-bond donors (Lipinski definition) is 1. The summed E-state index contributed by atoms with van der Waals surface area (Å²) in [5, 5.41) is 3.69. The summed E-state index contributed by atoms with van der Waals surface area (Å²) in [7, 11) is -0.664. The van der Waals surface area contributed by atoms with E-state index in [0.29, 0.717) is 12.1 Å². The zero-order valence-electron chi connectivity index (χ0n) is 12.0. The smallest absolute Gasteiger partial charge is 0.0357 e. The van der Waals surface area contributed by atoms with E-state index in [1.807, 2.05) is 0 Å². The summed E-state index contributed by atoms with van der Waals surface area (Å²) in [5.41, 5.74) is 0. The maximum absolute atomic E-state index is 11.1. The van der Waals surface area contributed by atoms with Gasteiger partial charge in [0.05, 0.1) is 0 Å². The van der Waals surface area contributed by atoms with Gasteiger partial charge in [0.2, 0.25) is 0 Å². The van der Waals surface area contributed by atoms with E-state index in [1.165, 1.54) is 32.4 Å². The minimum absolute atomic E-state index is 0.664. The molecule has 2 fully saturated rings. The van der Waals surface area contributed by atoms with Crippen molar-refractivity contribution in [2.75, 3.05) is 31.6 Å². The number of hydrogen-bond acceptors (Lipinski definition) is 3. The van der Waals surface area contributed by atoms with E-state index < -0.39 is 10.8 Å². The van der Waals surface area contributed by atoms with E-state index in [0.717, 1.165) is 24.1 Å². The molecule has 18 heavy (non-hydrogen) atoms. The van der Waals surface area contributed by atoms with Gasteiger partial charge in [-0.2, -0.15) is 0 Å². The second-order valence-electron chi connectivity index (χ2n) is 6.26. The monoisotopic (exact) mass is 272 g/mol. The van der Waals surface area contributed by atoms with Gasteiger partial charge in [-0.05, 0) is 38.5 Å². The highest BCUT2D eigenvalue weighted by molar-refractivity contribution is 7.84. The van der Waals surface area contributed by atoms with E-state index >= 15 is 0 Å². The molecular weight excluding hydrogens is 244 g/mol. The van der Waals surface area contributed by atoms with Crippen molar-refractivity contribution in [3.63, 3.8) is 0 Å². The number of rotatable bonds is 5. The third kappa shape index (κ3) is 3.55. The molecule has 1 aliphatic carbocycles. The first-order valence-electron chi connectivity index (χ1n) is 7.35. The second-order valence-corrected chi connectivity index (χ2v) is 7.81. The SMILES string of the molecule is CC(C)N1CC2CCCC(C1)C2NCCS(C)=O. The van der Waals surface area contributed by atoms with Gasteiger partial charge in [-0.25, -0.2) is 0 Å². The molecule has 0 radical (unpaired) electrons. The highest BCUT2D eigenvalue weighted by atomic mass is 32.2. The van der Waals surface area contributed by atoms with Crippen LogP contribution in [0, 0.1) is 11.8 Å². The van der Waals surface area contributed by atoms with Crippen molar-refractivity contribution in [1.82, 2.24) is 10.2 Å². The minimum Gasteiger partial charge on any atom is -0.312 e. The van der Waals surface area contributed by atoms with Crippen molar-refractivity contribution in [2.45, 2.75) is 45.2 Å². The second kappa shape index (κ2) is 6.49. The lowest BCUT2D eigenvalue weighted by atomic mass is 9.73. The molecule has 0 aromatic heterocycles. The zero-order chi connectivity index (χ0) is 13.1. The summed E-state index contributed by atoms with van der Waals surface area (Å²) in [6.07, 6.45) is 5.93. The Labute approximate surface area is 114 Å². The summed E-state index contributed by atoms with van der Waals surface area (Å²) in [6.45, 7) is 8.04. The molecule has 3 nitrogen and oxygen atoms in total. The molecule has 1 saturated heterocycles. The van der Waals surface area contributed by atoms with Gasteiger partial charge in [0, 0.05) is 54.5 Å². The fourth-order valence-corrected chi connectivity index (χ4v) is 4.00. The molecule has 1 saturated carbocycles. The molecule has 1 heterocycles. The van der Waals surface area contributed by atoms with Crippen molar-refractivity contribution >= 4 is 10.8 Å². The Kier molecular flexibility index (Phi) is 5.22. The van der Waals surface area contributed by atoms with Crippen LogP contribution in [0.2, 0.25) is 0 Å². The quantitative estimate of drug-likeness (QED) is 0.822. The Balaban J connectivity index is 1.89. The van der Waals surface area contributed by atoms with Crippen LogP contribution in [0.25, 0.3) is 0 Å². The van der Waals surface area contributed by atoms with Crippen LogP contribution >= 0.6 is 0 Å². The fourth-order valence-electron chi connectivity index (χ4n) is 3.60. The maximum atomic E-state index is 11.1. The molecule has 0 spiro atoms. The van der Waals surface area contributed by atoms with Gasteiger partial charge in [0.15, 0.2) is 0 Å². The maximum Gasteiger partial charge on any atom is 0.0357 e. The van der Waals surface area contributed by atoms with Crippen molar-refractivity contribution < 1.29 is 4.21 Å². The normalized spacial score (nSPS) is 34.8. The standard InChI is InChI=1S/C14H28N2OS/c1-11(2)16-9-12-5-4-6-13(10-16)14(12)15-7-8-18(3)17/h11-15H,4-10H2,1-3H3. The van der Waals surface area contributed by atoms with Gasteiger partial charge in [-0.1, -0.05) is 6.42 Å². The van der Waals surface area contributed by atoms with Gasteiger partial charge in [0.25, 0.3) is 0 Å². The third-order valence-electron chi connectivity index (χ3n) is 4.60. The van der Waals surface area contributed by atoms with E-state index in [2.05, 4.69) is 24.1 Å². The number of nitrogens with zero attached hydrogens (tertiary/aromatic N) is 1. The molecule has 1 N–H and O–H groups in total. The van der Waals surface area contributed by atoms with Crippen LogP contribution in [-0.4, -0.2) is 52.8 Å². The van der Waals surface area contributed by atoms with Crippen LogP contribution in [-0.2, 0) is 10.8 Å². The van der Waals surface area contributed by atoms with Crippen molar-refractivity contribution in [2.24, 2.45) is 11.8 Å². The number of nitrogens with one attached hydrogen (secondary N) is 1. The fraction of sp³-hybridized carbons (Fsp3) is 1.00. The molecule has 1 aliphatic heterocycles. The number of likely N-dealkylation sites (tertiary alicyclic amines) is 1. The van der Waals surface area contributed by atoms with Gasteiger partial charge in [-0.15, -0.1) is 0 Å². The van der Waals surface area contributed by atoms with Gasteiger partial charge < -0.3 is 10.2 Å². The largest absolute Gasteiger partial charge is 0.312 e. The summed E-state index contributed by atoms with van der Waals surface area (Å²) in [4.78, 5) is 2.64. The van der Waals surface area contributed by atoms with Gasteiger partial charge >= 0.3 is 0 Å². The molecule has 2 bridgehead atoms. The van der Waals surface area contributed by atoms with Crippen molar-refractivity contribution in [3.05, 3.63) is 0 Å². The molecule has 3 unspecified atom stereocenters. The highest BCUT2D eigenvalue weighted by Crippen LogP contribution is 2.35. The minimum atomic E-state index is -0.664. The summed E-state index contributed by atoms with van der Waals surface area (Å²) >= 11 is 0. The lowest BCUT2D eigenvalue weighted by Gasteiger charge is -2.49. The average molecular weight is 272 g/mol. The van der Waals surface area contributed by atoms with Crippen molar-refractivity contribution in [1.29, 1.82) is 0 Å². The van der Waals surface area contributed by atoms with Crippen LogP contribution in [0.4, 0.5) is 0 Å². The van der Waals surface area contributed by atoms with Crippen LogP contribution in [0.1, 0.15) is 33.1 Å². The van der Waals surface area contributed by atoms with Gasteiger partial charge in [0.1, 0.15) is 0 Å². The van der Waals surface area contributed by atoms with Crippen LogP contribution in [0.5, 0.6) is 0 Å². The summed E-state index contributed by atoms with van der Waals surface area (Å²) < 4.78 is 11.1. The van der Waals surface area contributed by atoms with Crippen molar-refractivity contribution in [3.8, 4) is 0 Å². The summed E-state index contributed by atoms with van der Waals surface area (Å²) in [5.74, 6) is 2.42. The van der Waals surface area contributed by atoms with E-state index in [1.54, 1.807) is 6.26 Å². The lowest BCUT2D eigenvalue weighted by molar-refractivity contribution is 0.0305. The lowest BCUT2D eigenvalue weighted by Crippen LogP contribution is -2.58. The Hall–Kier alpha value is 0.0700. The first-order valence-corrected chi connectivity index (χ1v) is 9.08. The Morgan fingerprint density at radius 1 is 1.28 bits per heavy atom. The molecule has 4 heteroatoms. The molecule has 0 aromatic carbocycles. The Bertz CT molecular complexity index is 282.